The summed E-state index contributed by atoms with van der Waals surface area (Å²) in [5, 5.41) is 0. The van der Waals surface area contributed by atoms with E-state index in [2.05, 4.69) is 72.8 Å². The van der Waals surface area contributed by atoms with Gasteiger partial charge in [-0.3, -0.25) is 0 Å². The normalized spacial score (nSPS) is 11.6. The standard InChI is InChI=1S/C45H42O5/c1-44(2,47-31-33-15-19-37(20-16-33)35-11-7-5-8-12-35)39-23-27-41(28-24-39)49-43(46)50-42-29-25-40(26-30-42)45(3,4)48-32-34-17-21-38(22-18-34)36-13-9-6-10-14-36/h5-30H,31-32H2,1-4H3. The van der Waals surface area contributed by atoms with E-state index in [1.54, 1.807) is 24.3 Å². The molecule has 6 aromatic rings. The van der Waals surface area contributed by atoms with E-state index in [1.807, 2.05) is 88.4 Å². The maximum absolute atomic E-state index is 12.6. The van der Waals surface area contributed by atoms with Crippen LogP contribution in [0.5, 0.6) is 11.5 Å². The number of carbonyl (C=O) groups is 1. The Morgan fingerprint density at radius 2 is 0.740 bits per heavy atom. The zero-order valence-electron chi connectivity index (χ0n) is 29.0. The van der Waals surface area contributed by atoms with Gasteiger partial charge in [0.1, 0.15) is 11.5 Å². The first-order valence-electron chi connectivity index (χ1n) is 16.8. The van der Waals surface area contributed by atoms with Gasteiger partial charge in [-0.15, -0.1) is 0 Å². The van der Waals surface area contributed by atoms with Crippen LogP contribution in [0.1, 0.15) is 49.9 Å². The van der Waals surface area contributed by atoms with Gasteiger partial charge in [-0.25, -0.2) is 4.79 Å². The van der Waals surface area contributed by atoms with Crippen LogP contribution in [-0.4, -0.2) is 6.16 Å². The third kappa shape index (κ3) is 8.94. The van der Waals surface area contributed by atoms with Gasteiger partial charge >= 0.3 is 6.16 Å². The first kappa shape index (κ1) is 34.4. The van der Waals surface area contributed by atoms with Crippen molar-refractivity contribution < 1.29 is 23.7 Å². The Bertz CT molecular complexity index is 1820. The van der Waals surface area contributed by atoms with Gasteiger partial charge in [0.05, 0.1) is 24.4 Å². The van der Waals surface area contributed by atoms with Crippen molar-refractivity contribution in [3.05, 3.63) is 180 Å². The summed E-state index contributed by atoms with van der Waals surface area (Å²) in [6.45, 7) is 9.03. The van der Waals surface area contributed by atoms with Crippen molar-refractivity contribution >= 4 is 6.16 Å². The molecule has 6 aromatic carbocycles. The van der Waals surface area contributed by atoms with E-state index in [0.717, 1.165) is 22.3 Å². The Kier molecular flexibility index (Phi) is 10.6. The van der Waals surface area contributed by atoms with E-state index in [0.29, 0.717) is 24.7 Å². The zero-order valence-corrected chi connectivity index (χ0v) is 29.0. The first-order valence-corrected chi connectivity index (χ1v) is 16.8. The minimum absolute atomic E-state index is 0.383. The van der Waals surface area contributed by atoms with Crippen molar-refractivity contribution in [2.75, 3.05) is 0 Å². The van der Waals surface area contributed by atoms with Crippen LogP contribution in [0, 0.1) is 0 Å². The number of hydrogen-bond donors (Lipinski definition) is 0. The summed E-state index contributed by atoms with van der Waals surface area (Å²) >= 11 is 0. The van der Waals surface area contributed by atoms with Crippen molar-refractivity contribution in [1.82, 2.24) is 0 Å². The van der Waals surface area contributed by atoms with Crippen LogP contribution < -0.4 is 9.47 Å². The van der Waals surface area contributed by atoms with E-state index in [1.165, 1.54) is 22.3 Å². The minimum atomic E-state index is -0.811. The number of benzene rings is 6. The minimum Gasteiger partial charge on any atom is -0.395 e. The van der Waals surface area contributed by atoms with Crippen molar-refractivity contribution in [2.45, 2.75) is 52.1 Å². The molecule has 0 atom stereocenters. The SMILES string of the molecule is CC(C)(OCc1ccc(-c2ccccc2)cc1)c1ccc(OC(=O)Oc2ccc(C(C)(C)OCc3ccc(-c4ccccc4)cc3)cc2)cc1. The molecular weight excluding hydrogens is 620 g/mol. The quantitative estimate of drug-likeness (QED) is 0.0964. The first-order chi connectivity index (χ1) is 24.1. The highest BCUT2D eigenvalue weighted by Gasteiger charge is 2.23. The lowest BCUT2D eigenvalue weighted by atomic mass is 9.98. The van der Waals surface area contributed by atoms with Crippen molar-refractivity contribution in [2.24, 2.45) is 0 Å². The maximum atomic E-state index is 12.6. The Labute approximate surface area is 295 Å². The monoisotopic (exact) mass is 662 g/mol. The van der Waals surface area contributed by atoms with E-state index in [-0.39, 0.29) is 0 Å². The highest BCUT2D eigenvalue weighted by Crippen LogP contribution is 2.30. The largest absolute Gasteiger partial charge is 0.519 e. The molecule has 0 saturated carbocycles. The molecule has 0 spiro atoms. The van der Waals surface area contributed by atoms with Crippen LogP contribution in [-0.2, 0) is 33.9 Å². The third-order valence-electron chi connectivity index (χ3n) is 8.82. The van der Waals surface area contributed by atoms with Gasteiger partial charge in [0, 0.05) is 0 Å². The molecule has 252 valence electrons. The van der Waals surface area contributed by atoms with Crippen LogP contribution >= 0.6 is 0 Å². The molecule has 0 amide bonds. The second-order valence-electron chi connectivity index (χ2n) is 13.2. The van der Waals surface area contributed by atoms with Gasteiger partial charge in [0.2, 0.25) is 0 Å². The molecule has 0 aromatic heterocycles. The second-order valence-corrected chi connectivity index (χ2v) is 13.2. The summed E-state index contributed by atoms with van der Waals surface area (Å²) in [6.07, 6.45) is -0.811. The summed E-state index contributed by atoms with van der Waals surface area (Å²) in [4.78, 5) is 12.6. The Morgan fingerprint density at radius 1 is 0.420 bits per heavy atom. The number of rotatable bonds is 12. The van der Waals surface area contributed by atoms with Gasteiger partial charge in [0.15, 0.2) is 0 Å². The molecule has 0 aliphatic rings. The van der Waals surface area contributed by atoms with Crippen LogP contribution in [0.25, 0.3) is 22.3 Å². The summed E-state index contributed by atoms with van der Waals surface area (Å²) in [5.74, 6) is 0.767. The molecule has 0 radical (unpaired) electrons. The highest BCUT2D eigenvalue weighted by molar-refractivity contribution is 5.67. The lowest BCUT2D eigenvalue weighted by Gasteiger charge is -2.26. The van der Waals surface area contributed by atoms with Crippen molar-refractivity contribution in [1.29, 1.82) is 0 Å². The average molecular weight is 663 g/mol. The van der Waals surface area contributed by atoms with E-state index in [9.17, 15) is 4.79 Å². The Hall–Kier alpha value is -5.49. The van der Waals surface area contributed by atoms with Crippen molar-refractivity contribution in [3.8, 4) is 33.8 Å². The fourth-order valence-electron chi connectivity index (χ4n) is 5.60. The molecule has 0 unspecified atom stereocenters. The smallest absolute Gasteiger partial charge is 0.395 e. The van der Waals surface area contributed by atoms with Crippen LogP contribution in [0.15, 0.2) is 158 Å². The summed E-state index contributed by atoms with van der Waals surface area (Å²) in [5.41, 5.74) is 7.72. The third-order valence-corrected chi connectivity index (χ3v) is 8.82. The van der Waals surface area contributed by atoms with Crippen LogP contribution in [0.3, 0.4) is 0 Å². The molecule has 0 heterocycles. The number of ether oxygens (including phenoxy) is 4. The van der Waals surface area contributed by atoms with Crippen LogP contribution in [0.4, 0.5) is 4.79 Å². The molecule has 0 fully saturated rings. The van der Waals surface area contributed by atoms with Gasteiger partial charge in [-0.1, -0.05) is 133 Å². The summed E-state index contributed by atoms with van der Waals surface area (Å²) in [7, 11) is 0. The average Bonchev–Trinajstić information content (AvgIpc) is 3.15. The zero-order chi connectivity index (χ0) is 35.0. The van der Waals surface area contributed by atoms with E-state index >= 15 is 0 Å². The Morgan fingerprint density at radius 3 is 1.08 bits per heavy atom. The van der Waals surface area contributed by atoms with Crippen LogP contribution in [0.2, 0.25) is 0 Å². The molecule has 0 bridgehead atoms. The molecule has 6 rings (SSSR count). The molecule has 5 heteroatoms. The molecule has 0 N–H and O–H groups in total. The molecule has 0 aliphatic carbocycles. The molecule has 0 saturated heterocycles. The predicted octanol–water partition coefficient (Wildman–Crippen LogP) is 11.5. The number of hydrogen-bond acceptors (Lipinski definition) is 5. The van der Waals surface area contributed by atoms with Gasteiger partial charge in [0.25, 0.3) is 0 Å². The topological polar surface area (TPSA) is 54.0 Å². The summed E-state index contributed by atoms with van der Waals surface area (Å²) in [6, 6.07) is 52.0. The fraction of sp³-hybridized carbons (Fsp3) is 0.178. The van der Waals surface area contributed by atoms with E-state index < -0.39 is 17.4 Å². The second kappa shape index (κ2) is 15.4. The van der Waals surface area contributed by atoms with Crippen molar-refractivity contribution in [3.63, 3.8) is 0 Å². The fourth-order valence-corrected chi connectivity index (χ4v) is 5.60. The summed E-state index contributed by atoms with van der Waals surface area (Å²) < 4.78 is 23.5. The molecular formula is C45H42O5. The van der Waals surface area contributed by atoms with Gasteiger partial charge < -0.3 is 18.9 Å². The maximum Gasteiger partial charge on any atom is 0.519 e. The molecule has 5 nitrogen and oxygen atoms in total. The van der Waals surface area contributed by atoms with E-state index in [4.69, 9.17) is 18.9 Å². The highest BCUT2D eigenvalue weighted by atomic mass is 16.7. The lowest BCUT2D eigenvalue weighted by Crippen LogP contribution is -2.22. The predicted molar refractivity (Wildman–Crippen MR) is 199 cm³/mol. The van der Waals surface area contributed by atoms with Gasteiger partial charge in [-0.05, 0) is 96.5 Å². The molecule has 0 aliphatic heterocycles. The Balaban J connectivity index is 0.969. The lowest BCUT2D eigenvalue weighted by molar-refractivity contribution is -0.0339. The van der Waals surface area contributed by atoms with Gasteiger partial charge in [-0.2, -0.15) is 0 Å². The number of carbonyl (C=O) groups excluding carboxylic acids is 1. The molecule has 50 heavy (non-hydrogen) atoms.